The predicted octanol–water partition coefficient (Wildman–Crippen LogP) is 0.776. The molecule has 2 rings (SSSR count). The average Bonchev–Trinajstić information content (AvgIpc) is 2.73. The van der Waals surface area contributed by atoms with Crippen LogP contribution in [-0.2, 0) is 4.79 Å². The summed E-state index contributed by atoms with van der Waals surface area (Å²) in [6, 6.07) is 0. The molecule has 0 bridgehead atoms. The third-order valence-corrected chi connectivity index (χ3v) is 5.99. The van der Waals surface area contributed by atoms with Crippen molar-refractivity contribution in [2.75, 3.05) is 34.2 Å². The highest BCUT2D eigenvalue weighted by molar-refractivity contribution is 5.85. The zero-order valence-corrected chi connectivity index (χ0v) is 13.9. The van der Waals surface area contributed by atoms with Crippen molar-refractivity contribution in [2.24, 2.45) is 17.4 Å². The van der Waals surface area contributed by atoms with E-state index in [0.717, 1.165) is 38.8 Å². The van der Waals surface area contributed by atoms with E-state index in [0.29, 0.717) is 5.54 Å². The topological polar surface area (TPSA) is 75.6 Å². The predicted molar refractivity (Wildman–Crippen MR) is 85.8 cm³/mol. The Morgan fingerprint density at radius 2 is 1.86 bits per heavy atom. The first-order chi connectivity index (χ1) is 9.80. The molecule has 0 aromatic carbocycles. The first-order valence-electron chi connectivity index (χ1n) is 8.25. The highest BCUT2D eigenvalue weighted by atomic mass is 16.1. The molecule has 0 spiro atoms. The summed E-state index contributed by atoms with van der Waals surface area (Å²) in [6.07, 6.45) is 7.69. The molecule has 0 heterocycles. The summed E-state index contributed by atoms with van der Waals surface area (Å²) >= 11 is 0. The number of carbonyl (C=O) groups is 1. The quantitative estimate of drug-likeness (QED) is 0.728. The van der Waals surface area contributed by atoms with Gasteiger partial charge >= 0.3 is 0 Å². The van der Waals surface area contributed by atoms with E-state index in [-0.39, 0.29) is 11.8 Å². The smallest absolute Gasteiger partial charge is 0.237 e. The molecule has 2 aliphatic carbocycles. The normalized spacial score (nSPS) is 31.6. The largest absolute Gasteiger partial charge is 0.368 e. The molecule has 0 radical (unpaired) electrons. The van der Waals surface area contributed by atoms with Crippen molar-refractivity contribution in [1.29, 1.82) is 0 Å². The summed E-state index contributed by atoms with van der Waals surface area (Å²) in [4.78, 5) is 16.4. The van der Waals surface area contributed by atoms with Crippen LogP contribution in [0.3, 0.4) is 0 Å². The fourth-order valence-corrected chi connectivity index (χ4v) is 4.12. The minimum absolute atomic E-state index is 0.245. The molecule has 0 aromatic rings. The van der Waals surface area contributed by atoms with Crippen LogP contribution in [0.5, 0.6) is 0 Å². The maximum atomic E-state index is 11.6. The minimum Gasteiger partial charge on any atom is -0.368 e. The van der Waals surface area contributed by atoms with Gasteiger partial charge in [0.1, 0.15) is 0 Å². The molecular formula is C16H32N4O. The number of primary amides is 1. The first-order valence-corrected chi connectivity index (χ1v) is 8.25. The molecule has 2 aliphatic rings. The lowest BCUT2D eigenvalue weighted by Crippen LogP contribution is -2.57. The molecule has 1 amide bonds. The SMILES string of the molecule is CN(CCC1CCCC1(N)C(N)=O)CC1(N(C)C)CCC1. The molecule has 21 heavy (non-hydrogen) atoms. The number of nitrogens with zero attached hydrogens (tertiary/aromatic N) is 2. The van der Waals surface area contributed by atoms with Gasteiger partial charge < -0.3 is 21.3 Å². The Bertz CT molecular complexity index is 380. The van der Waals surface area contributed by atoms with Crippen LogP contribution in [0.4, 0.5) is 0 Å². The van der Waals surface area contributed by atoms with Crippen molar-refractivity contribution in [3.63, 3.8) is 0 Å². The van der Waals surface area contributed by atoms with Crippen molar-refractivity contribution in [2.45, 2.75) is 56.0 Å². The van der Waals surface area contributed by atoms with Gasteiger partial charge in [0.25, 0.3) is 0 Å². The summed E-state index contributed by atoms with van der Waals surface area (Å²) in [5.41, 5.74) is 11.3. The Kier molecular flexibility index (Phi) is 4.96. The van der Waals surface area contributed by atoms with Gasteiger partial charge in [-0.15, -0.1) is 0 Å². The number of carbonyl (C=O) groups excluding carboxylic acids is 1. The fourth-order valence-electron chi connectivity index (χ4n) is 4.12. The molecule has 122 valence electrons. The van der Waals surface area contributed by atoms with Gasteiger partial charge in [0, 0.05) is 12.1 Å². The Hall–Kier alpha value is -0.650. The minimum atomic E-state index is -0.767. The highest BCUT2D eigenvalue weighted by Crippen LogP contribution is 2.38. The van der Waals surface area contributed by atoms with Gasteiger partial charge in [-0.05, 0) is 72.1 Å². The number of rotatable bonds is 7. The molecular weight excluding hydrogens is 264 g/mol. The van der Waals surface area contributed by atoms with E-state index in [1.165, 1.54) is 19.3 Å². The lowest BCUT2D eigenvalue weighted by atomic mass is 9.75. The standard InChI is InChI=1S/C16H32N4O/c1-19(2)15(8-5-9-15)12-20(3)11-7-13-6-4-10-16(13,18)14(17)21/h13H,4-12,18H2,1-3H3,(H2,17,21). The second kappa shape index (κ2) is 6.23. The van der Waals surface area contributed by atoms with Gasteiger partial charge in [0.15, 0.2) is 0 Å². The Morgan fingerprint density at radius 3 is 2.33 bits per heavy atom. The third kappa shape index (κ3) is 3.25. The number of nitrogens with two attached hydrogens (primary N) is 2. The van der Waals surface area contributed by atoms with Crippen LogP contribution in [0.2, 0.25) is 0 Å². The number of likely N-dealkylation sites (N-methyl/N-ethyl adjacent to an activating group) is 2. The van der Waals surface area contributed by atoms with Crippen LogP contribution in [0, 0.1) is 5.92 Å². The van der Waals surface area contributed by atoms with E-state index >= 15 is 0 Å². The first kappa shape index (κ1) is 16.7. The van der Waals surface area contributed by atoms with Crippen molar-refractivity contribution in [3.05, 3.63) is 0 Å². The maximum absolute atomic E-state index is 11.6. The summed E-state index contributed by atoms with van der Waals surface area (Å²) in [7, 11) is 6.55. The van der Waals surface area contributed by atoms with Gasteiger partial charge in [-0.1, -0.05) is 6.42 Å². The number of amides is 1. The van der Waals surface area contributed by atoms with Crippen LogP contribution < -0.4 is 11.5 Å². The second-order valence-electron chi connectivity index (χ2n) is 7.49. The van der Waals surface area contributed by atoms with Crippen LogP contribution in [0.15, 0.2) is 0 Å². The number of hydrogen-bond donors (Lipinski definition) is 2. The Balaban J connectivity index is 1.84. The van der Waals surface area contributed by atoms with Crippen molar-refractivity contribution < 1.29 is 4.79 Å². The second-order valence-corrected chi connectivity index (χ2v) is 7.49. The molecule has 5 heteroatoms. The average molecular weight is 296 g/mol. The van der Waals surface area contributed by atoms with E-state index in [2.05, 4.69) is 30.9 Å². The molecule has 0 aliphatic heterocycles. The van der Waals surface area contributed by atoms with Gasteiger partial charge in [0.2, 0.25) is 5.91 Å². The molecule has 2 unspecified atom stereocenters. The molecule has 2 atom stereocenters. The molecule has 5 nitrogen and oxygen atoms in total. The highest BCUT2D eigenvalue weighted by Gasteiger charge is 2.44. The van der Waals surface area contributed by atoms with E-state index < -0.39 is 5.54 Å². The van der Waals surface area contributed by atoms with Crippen LogP contribution in [0.1, 0.15) is 44.9 Å². The van der Waals surface area contributed by atoms with Crippen LogP contribution in [-0.4, -0.2) is 61.0 Å². The van der Waals surface area contributed by atoms with E-state index in [9.17, 15) is 4.79 Å². The van der Waals surface area contributed by atoms with Gasteiger partial charge in [-0.2, -0.15) is 0 Å². The monoisotopic (exact) mass is 296 g/mol. The zero-order valence-electron chi connectivity index (χ0n) is 13.9. The Morgan fingerprint density at radius 1 is 1.19 bits per heavy atom. The van der Waals surface area contributed by atoms with E-state index in [1.54, 1.807) is 0 Å². The van der Waals surface area contributed by atoms with Crippen LogP contribution in [0.25, 0.3) is 0 Å². The lowest BCUT2D eigenvalue weighted by Gasteiger charge is -2.49. The van der Waals surface area contributed by atoms with Crippen LogP contribution >= 0.6 is 0 Å². The van der Waals surface area contributed by atoms with Crippen molar-refractivity contribution in [3.8, 4) is 0 Å². The summed E-state index contributed by atoms with van der Waals surface area (Å²) in [5.74, 6) is -0.0782. The summed E-state index contributed by atoms with van der Waals surface area (Å²) < 4.78 is 0. The third-order valence-electron chi connectivity index (χ3n) is 5.99. The fraction of sp³-hybridized carbons (Fsp3) is 0.938. The van der Waals surface area contributed by atoms with Crippen molar-refractivity contribution in [1.82, 2.24) is 9.80 Å². The lowest BCUT2D eigenvalue weighted by molar-refractivity contribution is -0.124. The van der Waals surface area contributed by atoms with E-state index in [4.69, 9.17) is 11.5 Å². The summed E-state index contributed by atoms with van der Waals surface area (Å²) in [5, 5.41) is 0. The van der Waals surface area contributed by atoms with Gasteiger partial charge in [0.05, 0.1) is 5.54 Å². The van der Waals surface area contributed by atoms with Gasteiger partial charge in [-0.3, -0.25) is 4.79 Å². The molecule has 4 N–H and O–H groups in total. The zero-order chi connectivity index (χ0) is 15.7. The number of hydrogen-bond acceptors (Lipinski definition) is 4. The molecule has 0 aromatic heterocycles. The molecule has 2 fully saturated rings. The molecule has 2 saturated carbocycles. The maximum Gasteiger partial charge on any atom is 0.237 e. The molecule has 0 saturated heterocycles. The van der Waals surface area contributed by atoms with Gasteiger partial charge in [-0.25, -0.2) is 0 Å². The Labute approximate surface area is 129 Å². The van der Waals surface area contributed by atoms with Crippen molar-refractivity contribution >= 4 is 5.91 Å². The van der Waals surface area contributed by atoms with E-state index in [1.807, 2.05) is 0 Å². The summed E-state index contributed by atoms with van der Waals surface area (Å²) in [6.45, 7) is 2.09.